The van der Waals surface area contributed by atoms with Crippen LogP contribution in [0.1, 0.15) is 49.4 Å². The first-order valence-electron chi connectivity index (χ1n) is 7.40. The van der Waals surface area contributed by atoms with Crippen molar-refractivity contribution >= 4 is 11.7 Å². The summed E-state index contributed by atoms with van der Waals surface area (Å²) in [7, 11) is 0. The molecule has 0 radical (unpaired) electrons. The van der Waals surface area contributed by atoms with Gasteiger partial charge in [-0.3, -0.25) is 0 Å². The Morgan fingerprint density at radius 1 is 1.30 bits per heavy atom. The van der Waals surface area contributed by atoms with Gasteiger partial charge in [0, 0.05) is 0 Å². The topological polar surface area (TPSA) is 61.5 Å². The van der Waals surface area contributed by atoms with Gasteiger partial charge < -0.3 is 15.2 Å². The molecule has 1 aromatic carbocycles. The molecule has 2 N–H and O–H groups in total. The third-order valence-corrected chi connectivity index (χ3v) is 3.72. The molecule has 1 aromatic rings. The van der Waals surface area contributed by atoms with E-state index in [2.05, 4.69) is 0 Å². The Bertz CT molecular complexity index is 453. The van der Waals surface area contributed by atoms with Crippen molar-refractivity contribution in [2.75, 3.05) is 18.9 Å². The van der Waals surface area contributed by atoms with E-state index < -0.39 is 0 Å². The third kappa shape index (κ3) is 3.89. The number of nitrogen functional groups attached to an aromatic ring is 1. The van der Waals surface area contributed by atoms with Crippen LogP contribution in [-0.4, -0.2) is 19.2 Å². The second-order valence-corrected chi connectivity index (χ2v) is 5.29. The molecule has 20 heavy (non-hydrogen) atoms. The molecule has 110 valence electrons. The zero-order valence-corrected chi connectivity index (χ0v) is 12.1. The third-order valence-electron chi connectivity index (χ3n) is 3.72. The van der Waals surface area contributed by atoms with Crippen LogP contribution in [0, 0.1) is 5.92 Å². The van der Waals surface area contributed by atoms with Crippen molar-refractivity contribution in [2.24, 2.45) is 5.92 Å². The van der Waals surface area contributed by atoms with E-state index in [0.717, 1.165) is 0 Å². The highest BCUT2D eigenvalue weighted by molar-refractivity contribution is 5.90. The lowest BCUT2D eigenvalue weighted by molar-refractivity contribution is 0.0526. The van der Waals surface area contributed by atoms with Crippen molar-refractivity contribution in [1.82, 2.24) is 0 Å². The highest BCUT2D eigenvalue weighted by Crippen LogP contribution is 2.27. The Balaban J connectivity index is 1.98. The van der Waals surface area contributed by atoms with Crippen molar-refractivity contribution in [3.63, 3.8) is 0 Å². The van der Waals surface area contributed by atoms with Gasteiger partial charge >= 0.3 is 5.97 Å². The predicted octanol–water partition coefficient (Wildman–Crippen LogP) is 3.40. The van der Waals surface area contributed by atoms with E-state index in [9.17, 15) is 4.79 Å². The Labute approximate surface area is 120 Å². The molecule has 2 rings (SSSR count). The molecule has 0 aliphatic heterocycles. The Morgan fingerprint density at radius 3 is 2.75 bits per heavy atom. The minimum Gasteiger partial charge on any atom is -0.491 e. The van der Waals surface area contributed by atoms with Crippen molar-refractivity contribution < 1.29 is 14.3 Å². The second kappa shape index (κ2) is 7.17. The van der Waals surface area contributed by atoms with Gasteiger partial charge in [0.25, 0.3) is 0 Å². The highest BCUT2D eigenvalue weighted by atomic mass is 16.5. The van der Waals surface area contributed by atoms with Gasteiger partial charge in [0.15, 0.2) is 0 Å². The number of hydrogen-bond acceptors (Lipinski definition) is 4. The molecular formula is C16H23NO3. The molecule has 0 unspecified atom stereocenters. The van der Waals surface area contributed by atoms with E-state index >= 15 is 0 Å². The number of esters is 1. The van der Waals surface area contributed by atoms with Crippen molar-refractivity contribution in [3.05, 3.63) is 23.8 Å². The van der Waals surface area contributed by atoms with Gasteiger partial charge in [-0.2, -0.15) is 0 Å². The minimum atomic E-state index is -0.338. The summed E-state index contributed by atoms with van der Waals surface area (Å²) in [4.78, 5) is 11.7. The lowest BCUT2D eigenvalue weighted by Crippen LogP contribution is -2.16. The van der Waals surface area contributed by atoms with Crippen molar-refractivity contribution in [1.29, 1.82) is 0 Å². The number of carbonyl (C=O) groups is 1. The number of rotatable bonds is 5. The fraction of sp³-hybridized carbons (Fsp3) is 0.562. The summed E-state index contributed by atoms with van der Waals surface area (Å²) < 4.78 is 10.8. The second-order valence-electron chi connectivity index (χ2n) is 5.29. The molecule has 0 aromatic heterocycles. The lowest BCUT2D eigenvalue weighted by atomic mass is 9.90. The monoisotopic (exact) mass is 277 g/mol. The number of ether oxygens (including phenoxy) is 2. The number of nitrogens with two attached hydrogens (primary N) is 1. The quantitative estimate of drug-likeness (QED) is 0.662. The zero-order valence-electron chi connectivity index (χ0n) is 12.1. The Morgan fingerprint density at radius 2 is 2.05 bits per heavy atom. The molecule has 0 atom stereocenters. The van der Waals surface area contributed by atoms with Gasteiger partial charge in [-0.05, 0) is 43.9 Å². The normalized spacial score (nSPS) is 15.8. The maximum Gasteiger partial charge on any atom is 0.338 e. The summed E-state index contributed by atoms with van der Waals surface area (Å²) in [6.07, 6.45) is 6.34. The molecule has 0 spiro atoms. The van der Waals surface area contributed by atoms with E-state index in [1.807, 2.05) is 0 Å². The fourth-order valence-corrected chi connectivity index (χ4v) is 2.56. The van der Waals surface area contributed by atoms with Gasteiger partial charge in [0.1, 0.15) is 5.75 Å². The number of anilines is 1. The molecular weight excluding hydrogens is 254 g/mol. The van der Waals surface area contributed by atoms with Crippen LogP contribution in [0.2, 0.25) is 0 Å². The first kappa shape index (κ1) is 14.7. The summed E-state index contributed by atoms with van der Waals surface area (Å²) in [5.41, 5.74) is 6.95. The first-order valence-corrected chi connectivity index (χ1v) is 7.40. The molecule has 0 heterocycles. The van der Waals surface area contributed by atoms with Gasteiger partial charge in [-0.1, -0.05) is 19.3 Å². The average molecular weight is 277 g/mol. The largest absolute Gasteiger partial charge is 0.491 e. The molecule has 1 fully saturated rings. The van der Waals surface area contributed by atoms with Crippen LogP contribution in [-0.2, 0) is 4.74 Å². The van der Waals surface area contributed by atoms with Gasteiger partial charge in [-0.25, -0.2) is 4.79 Å². The maximum absolute atomic E-state index is 11.7. The molecule has 1 aliphatic rings. The fourth-order valence-electron chi connectivity index (χ4n) is 2.56. The SMILES string of the molecule is CCOC(=O)c1ccc(N)c(OCC2CCCCC2)c1. The molecule has 1 aliphatic carbocycles. The summed E-state index contributed by atoms with van der Waals surface area (Å²) in [5, 5.41) is 0. The van der Waals surface area contributed by atoms with Crippen LogP contribution in [0.15, 0.2) is 18.2 Å². The van der Waals surface area contributed by atoms with E-state index in [1.165, 1.54) is 32.1 Å². The number of benzene rings is 1. The standard InChI is InChI=1S/C16H23NO3/c1-2-19-16(18)13-8-9-14(17)15(10-13)20-11-12-6-4-3-5-7-12/h8-10,12H,2-7,11,17H2,1H3. The summed E-state index contributed by atoms with van der Waals surface area (Å²) in [6.45, 7) is 2.83. The average Bonchev–Trinajstić information content (AvgIpc) is 2.47. The summed E-state index contributed by atoms with van der Waals surface area (Å²) in [6, 6.07) is 5.04. The van der Waals surface area contributed by atoms with Crippen LogP contribution in [0.3, 0.4) is 0 Å². The molecule has 4 heteroatoms. The van der Waals surface area contributed by atoms with Crippen molar-refractivity contribution in [3.8, 4) is 5.75 Å². The Kier molecular flexibility index (Phi) is 5.27. The predicted molar refractivity (Wildman–Crippen MR) is 78.9 cm³/mol. The first-order chi connectivity index (χ1) is 9.70. The lowest BCUT2D eigenvalue weighted by Gasteiger charge is -2.22. The van der Waals surface area contributed by atoms with E-state index in [4.69, 9.17) is 15.2 Å². The molecule has 0 saturated heterocycles. The molecule has 0 amide bonds. The molecule has 0 bridgehead atoms. The van der Waals surface area contributed by atoms with Crippen LogP contribution in [0.4, 0.5) is 5.69 Å². The summed E-state index contributed by atoms with van der Waals surface area (Å²) in [5.74, 6) is 0.852. The van der Waals surface area contributed by atoms with Crippen molar-refractivity contribution in [2.45, 2.75) is 39.0 Å². The van der Waals surface area contributed by atoms with Gasteiger partial charge in [0.2, 0.25) is 0 Å². The van der Waals surface area contributed by atoms with E-state index in [-0.39, 0.29) is 5.97 Å². The van der Waals surface area contributed by atoms with Gasteiger partial charge in [-0.15, -0.1) is 0 Å². The van der Waals surface area contributed by atoms with Crippen LogP contribution in [0.25, 0.3) is 0 Å². The highest BCUT2D eigenvalue weighted by Gasteiger charge is 2.15. The Hall–Kier alpha value is -1.71. The van der Waals surface area contributed by atoms with Crippen LogP contribution < -0.4 is 10.5 Å². The van der Waals surface area contributed by atoms with Gasteiger partial charge in [0.05, 0.1) is 24.5 Å². The molecule has 1 saturated carbocycles. The van der Waals surface area contributed by atoms with Crippen LogP contribution >= 0.6 is 0 Å². The zero-order chi connectivity index (χ0) is 14.4. The van der Waals surface area contributed by atoms with E-state index in [1.54, 1.807) is 25.1 Å². The minimum absolute atomic E-state index is 0.338. The number of carbonyl (C=O) groups excluding carboxylic acids is 1. The molecule has 4 nitrogen and oxygen atoms in total. The maximum atomic E-state index is 11.7. The smallest absolute Gasteiger partial charge is 0.338 e. The summed E-state index contributed by atoms with van der Waals surface area (Å²) >= 11 is 0. The van der Waals surface area contributed by atoms with Crippen LogP contribution in [0.5, 0.6) is 5.75 Å². The number of hydrogen-bond donors (Lipinski definition) is 1. The van der Waals surface area contributed by atoms with E-state index in [0.29, 0.717) is 36.1 Å².